The Morgan fingerprint density at radius 2 is 2.00 bits per heavy atom. The fraction of sp³-hybridized carbons (Fsp3) is 0. The van der Waals surface area contributed by atoms with E-state index in [9.17, 15) is 4.79 Å². The van der Waals surface area contributed by atoms with Gasteiger partial charge < -0.3 is 5.73 Å². The van der Waals surface area contributed by atoms with Gasteiger partial charge in [0.1, 0.15) is 5.69 Å². The van der Waals surface area contributed by atoms with Gasteiger partial charge in [0.25, 0.3) is 5.91 Å². The number of fused-ring (bicyclic) bond motifs is 1. The molecule has 0 aliphatic carbocycles. The van der Waals surface area contributed by atoms with E-state index in [1.54, 1.807) is 18.2 Å². The summed E-state index contributed by atoms with van der Waals surface area (Å²) >= 11 is 0. The molecule has 0 atom stereocenters. The number of amides is 1. The Morgan fingerprint density at radius 3 is 2.75 bits per heavy atom. The molecule has 1 heterocycles. The molecule has 0 unspecified atom stereocenters. The topological polar surface area (TPSA) is 67.8 Å². The van der Waals surface area contributed by atoms with E-state index in [-0.39, 0.29) is 18.3 Å². The van der Waals surface area contributed by atoms with Gasteiger partial charge in [0.15, 0.2) is 0 Å². The van der Waals surface area contributed by atoms with Crippen molar-refractivity contribution in [1.29, 1.82) is 0 Å². The molecular formula is C7H6ClN3O. The van der Waals surface area contributed by atoms with Crippen LogP contribution in [-0.4, -0.2) is 5.91 Å². The molecule has 12 heavy (non-hydrogen) atoms. The summed E-state index contributed by atoms with van der Waals surface area (Å²) in [6, 6.07) is 4.92. The van der Waals surface area contributed by atoms with E-state index in [1.807, 2.05) is 0 Å². The van der Waals surface area contributed by atoms with Crippen LogP contribution in [0, 0.1) is 0 Å². The van der Waals surface area contributed by atoms with Crippen molar-refractivity contribution in [1.82, 2.24) is 0 Å². The Labute approximate surface area is 74.9 Å². The maximum Gasteiger partial charge on any atom is 0.297 e. The molecule has 0 saturated heterocycles. The summed E-state index contributed by atoms with van der Waals surface area (Å²) in [4.78, 5) is 10.9. The summed E-state index contributed by atoms with van der Waals surface area (Å²) in [6.45, 7) is 0. The largest absolute Gasteiger partial charge is 0.399 e. The third kappa shape index (κ3) is 1.16. The zero-order valence-corrected chi connectivity index (χ0v) is 6.84. The summed E-state index contributed by atoms with van der Waals surface area (Å²) in [5.41, 5.74) is 7.15. The fourth-order valence-electron chi connectivity index (χ4n) is 0.965. The third-order valence-electron chi connectivity index (χ3n) is 1.50. The van der Waals surface area contributed by atoms with E-state index in [4.69, 9.17) is 5.73 Å². The quantitative estimate of drug-likeness (QED) is 0.625. The van der Waals surface area contributed by atoms with Crippen molar-refractivity contribution < 1.29 is 4.79 Å². The lowest BCUT2D eigenvalue weighted by atomic mass is 10.2. The van der Waals surface area contributed by atoms with Crippen molar-refractivity contribution in [2.45, 2.75) is 0 Å². The number of hydrogen-bond donors (Lipinski definition) is 1. The number of nitrogens with zero attached hydrogens (tertiary/aromatic N) is 2. The first kappa shape index (κ1) is 8.67. The summed E-state index contributed by atoms with van der Waals surface area (Å²) in [5, 5.41) is 7.01. The van der Waals surface area contributed by atoms with Crippen LogP contribution in [0.5, 0.6) is 0 Å². The molecule has 2 rings (SSSR count). The van der Waals surface area contributed by atoms with Gasteiger partial charge in [-0.1, -0.05) is 0 Å². The molecule has 62 valence electrons. The number of nitrogen functional groups attached to an aromatic ring is 1. The second kappa shape index (κ2) is 2.91. The van der Waals surface area contributed by atoms with E-state index in [0.29, 0.717) is 16.9 Å². The highest BCUT2D eigenvalue weighted by Crippen LogP contribution is 2.28. The van der Waals surface area contributed by atoms with Crippen molar-refractivity contribution in [3.05, 3.63) is 23.8 Å². The number of hydrogen-bond acceptors (Lipinski definition) is 3. The van der Waals surface area contributed by atoms with Crippen LogP contribution in [0.2, 0.25) is 0 Å². The Balaban J connectivity index is 0.000000720. The standard InChI is InChI=1S/C7H5N3O.ClH/c8-4-1-2-5-6(3-4)9-10-7(5)11;/h1-3H,8H2;1H. The van der Waals surface area contributed by atoms with E-state index in [1.165, 1.54) is 0 Å². The smallest absolute Gasteiger partial charge is 0.297 e. The van der Waals surface area contributed by atoms with Crippen molar-refractivity contribution in [2.24, 2.45) is 10.2 Å². The first-order valence-electron chi connectivity index (χ1n) is 3.13. The van der Waals surface area contributed by atoms with Gasteiger partial charge in [0.2, 0.25) is 0 Å². The zero-order valence-electron chi connectivity index (χ0n) is 6.02. The lowest BCUT2D eigenvalue weighted by molar-refractivity contribution is 0.100. The first-order valence-corrected chi connectivity index (χ1v) is 3.13. The van der Waals surface area contributed by atoms with Crippen LogP contribution in [-0.2, 0) is 0 Å². The number of anilines is 1. The molecule has 5 heteroatoms. The van der Waals surface area contributed by atoms with Gasteiger partial charge >= 0.3 is 0 Å². The molecule has 1 aliphatic heterocycles. The fourth-order valence-corrected chi connectivity index (χ4v) is 0.965. The maximum atomic E-state index is 10.9. The number of azo groups is 1. The first-order chi connectivity index (χ1) is 5.27. The number of rotatable bonds is 0. The highest BCUT2D eigenvalue weighted by atomic mass is 35.5. The molecule has 0 saturated carbocycles. The number of halogens is 1. The van der Waals surface area contributed by atoms with Crippen molar-refractivity contribution >= 4 is 29.7 Å². The molecular weight excluding hydrogens is 178 g/mol. The van der Waals surface area contributed by atoms with E-state index < -0.39 is 0 Å². The highest BCUT2D eigenvalue weighted by Gasteiger charge is 2.16. The normalized spacial score (nSPS) is 12.5. The molecule has 2 N–H and O–H groups in total. The predicted octanol–water partition coefficient (Wildman–Crippen LogP) is 1.93. The second-order valence-electron chi connectivity index (χ2n) is 2.28. The molecule has 1 aromatic rings. The predicted molar refractivity (Wildman–Crippen MR) is 46.9 cm³/mol. The molecule has 0 radical (unpaired) electrons. The van der Waals surface area contributed by atoms with Crippen LogP contribution >= 0.6 is 12.4 Å². The Kier molecular flexibility index (Phi) is 2.10. The van der Waals surface area contributed by atoms with Gasteiger partial charge in [0, 0.05) is 5.69 Å². The highest BCUT2D eigenvalue weighted by molar-refractivity contribution is 6.02. The lowest BCUT2D eigenvalue weighted by Crippen LogP contribution is -1.89. The summed E-state index contributed by atoms with van der Waals surface area (Å²) < 4.78 is 0. The van der Waals surface area contributed by atoms with Crippen LogP contribution in [0.15, 0.2) is 28.4 Å². The molecule has 4 nitrogen and oxygen atoms in total. The van der Waals surface area contributed by atoms with Gasteiger partial charge in [-0.15, -0.1) is 22.6 Å². The molecule has 1 aromatic carbocycles. The van der Waals surface area contributed by atoms with Gasteiger partial charge in [-0.25, -0.2) is 0 Å². The minimum Gasteiger partial charge on any atom is -0.399 e. The Hall–Kier alpha value is -1.42. The molecule has 1 aliphatic rings. The molecule has 1 amide bonds. The maximum absolute atomic E-state index is 10.9. The molecule has 0 bridgehead atoms. The lowest BCUT2D eigenvalue weighted by Gasteiger charge is -1.93. The average Bonchev–Trinajstić information content (AvgIpc) is 2.32. The average molecular weight is 184 g/mol. The Bertz CT molecular complexity index is 362. The number of benzene rings is 1. The minimum absolute atomic E-state index is 0. The third-order valence-corrected chi connectivity index (χ3v) is 1.50. The molecule has 0 spiro atoms. The minimum atomic E-state index is -0.292. The monoisotopic (exact) mass is 183 g/mol. The van der Waals surface area contributed by atoms with Crippen molar-refractivity contribution in [3.63, 3.8) is 0 Å². The Morgan fingerprint density at radius 1 is 1.25 bits per heavy atom. The second-order valence-corrected chi connectivity index (χ2v) is 2.28. The number of carbonyl (C=O) groups excluding carboxylic acids is 1. The number of carbonyl (C=O) groups is 1. The van der Waals surface area contributed by atoms with Crippen LogP contribution in [0.3, 0.4) is 0 Å². The van der Waals surface area contributed by atoms with Gasteiger partial charge in [-0.05, 0) is 18.2 Å². The summed E-state index contributed by atoms with van der Waals surface area (Å²) in [5.74, 6) is -0.292. The van der Waals surface area contributed by atoms with Crippen LogP contribution in [0.25, 0.3) is 0 Å². The zero-order chi connectivity index (χ0) is 7.84. The SMILES string of the molecule is Cl.Nc1ccc2c(c1)N=NC2=O. The van der Waals surface area contributed by atoms with Crippen LogP contribution < -0.4 is 5.73 Å². The van der Waals surface area contributed by atoms with Crippen molar-refractivity contribution in [3.8, 4) is 0 Å². The number of nitrogens with two attached hydrogens (primary N) is 1. The van der Waals surface area contributed by atoms with Crippen LogP contribution in [0.1, 0.15) is 10.4 Å². The van der Waals surface area contributed by atoms with E-state index >= 15 is 0 Å². The van der Waals surface area contributed by atoms with Gasteiger partial charge in [-0.3, -0.25) is 4.79 Å². The van der Waals surface area contributed by atoms with E-state index in [2.05, 4.69) is 10.2 Å². The van der Waals surface area contributed by atoms with Crippen LogP contribution in [0.4, 0.5) is 11.4 Å². The summed E-state index contributed by atoms with van der Waals surface area (Å²) in [7, 11) is 0. The van der Waals surface area contributed by atoms with Gasteiger partial charge in [-0.2, -0.15) is 0 Å². The van der Waals surface area contributed by atoms with Crippen molar-refractivity contribution in [2.75, 3.05) is 5.73 Å². The molecule has 0 fully saturated rings. The van der Waals surface area contributed by atoms with Gasteiger partial charge in [0.05, 0.1) is 5.56 Å². The molecule has 0 aromatic heterocycles. The van der Waals surface area contributed by atoms with E-state index in [0.717, 1.165) is 0 Å². The summed E-state index contributed by atoms with van der Waals surface area (Å²) in [6.07, 6.45) is 0.